The van der Waals surface area contributed by atoms with Gasteiger partial charge in [0.15, 0.2) is 0 Å². The molecule has 0 spiro atoms. The van der Waals surface area contributed by atoms with E-state index in [1.165, 1.54) is 19.3 Å². The molecule has 1 heterocycles. The molecule has 0 saturated heterocycles. The molecule has 0 radical (unpaired) electrons. The number of carbonyl (C=O) groups is 2. The van der Waals surface area contributed by atoms with E-state index in [9.17, 15) is 14.4 Å². The fourth-order valence-corrected chi connectivity index (χ4v) is 4.55. The first-order valence-corrected chi connectivity index (χ1v) is 11.6. The molecule has 3 rings (SSSR count). The van der Waals surface area contributed by atoms with Crippen LogP contribution in [0.4, 0.5) is 0 Å². The van der Waals surface area contributed by atoms with Gasteiger partial charge in [0.05, 0.1) is 0 Å². The summed E-state index contributed by atoms with van der Waals surface area (Å²) in [5.41, 5.74) is -0.495. The van der Waals surface area contributed by atoms with E-state index in [2.05, 4.69) is 29.4 Å². The van der Waals surface area contributed by atoms with Crippen molar-refractivity contribution in [1.29, 1.82) is 0 Å². The topological polar surface area (TPSA) is 83.4 Å². The molecule has 2 N–H and O–H groups in total. The van der Waals surface area contributed by atoms with Crippen molar-refractivity contribution in [2.75, 3.05) is 33.7 Å². The first-order chi connectivity index (χ1) is 14.7. The summed E-state index contributed by atoms with van der Waals surface area (Å²) in [6.07, 6.45) is 11.2. The maximum atomic E-state index is 13.1. The summed E-state index contributed by atoms with van der Waals surface area (Å²) in [6.45, 7) is 6.00. The molecule has 0 aromatic carbocycles. The van der Waals surface area contributed by atoms with Gasteiger partial charge in [0.1, 0.15) is 11.1 Å². The van der Waals surface area contributed by atoms with E-state index in [-0.39, 0.29) is 28.5 Å². The van der Waals surface area contributed by atoms with Crippen LogP contribution in [0.15, 0.2) is 17.2 Å². The van der Waals surface area contributed by atoms with Crippen LogP contribution in [0.1, 0.15) is 85.6 Å². The molecule has 7 heteroatoms. The van der Waals surface area contributed by atoms with E-state index >= 15 is 0 Å². The van der Waals surface area contributed by atoms with Gasteiger partial charge >= 0.3 is 0 Å². The lowest BCUT2D eigenvalue weighted by atomic mass is 9.89. The summed E-state index contributed by atoms with van der Waals surface area (Å²) < 4.78 is 1.87. The Hall–Kier alpha value is -2.15. The van der Waals surface area contributed by atoms with Crippen molar-refractivity contribution in [3.8, 4) is 0 Å². The van der Waals surface area contributed by atoms with Crippen molar-refractivity contribution in [1.82, 2.24) is 20.1 Å². The minimum Gasteiger partial charge on any atom is -0.352 e. The van der Waals surface area contributed by atoms with Gasteiger partial charge in [0.25, 0.3) is 11.8 Å². The molecular formula is C24H38N4O3. The van der Waals surface area contributed by atoms with Gasteiger partial charge in [-0.25, -0.2) is 0 Å². The Labute approximate surface area is 185 Å². The van der Waals surface area contributed by atoms with Crippen LogP contribution in [-0.4, -0.2) is 55.0 Å². The fraction of sp³-hybridized carbons (Fsp3) is 0.708. The van der Waals surface area contributed by atoms with E-state index in [1.807, 2.05) is 18.7 Å². The largest absolute Gasteiger partial charge is 0.352 e. The highest BCUT2D eigenvalue weighted by Gasteiger charge is 2.28. The molecule has 172 valence electrons. The van der Waals surface area contributed by atoms with Crippen LogP contribution in [0.3, 0.4) is 0 Å². The molecule has 0 bridgehead atoms. The smallest absolute Gasteiger partial charge is 0.256 e. The number of hydrogen-bond donors (Lipinski definition) is 2. The number of nitrogens with one attached hydrogen (secondary N) is 2. The zero-order valence-electron chi connectivity index (χ0n) is 19.5. The van der Waals surface area contributed by atoms with Crippen LogP contribution in [0.2, 0.25) is 0 Å². The maximum absolute atomic E-state index is 13.1. The minimum atomic E-state index is -0.485. The molecule has 2 fully saturated rings. The van der Waals surface area contributed by atoms with E-state index < -0.39 is 11.3 Å². The van der Waals surface area contributed by atoms with Crippen molar-refractivity contribution < 1.29 is 9.59 Å². The molecule has 1 aromatic heterocycles. The van der Waals surface area contributed by atoms with Gasteiger partial charge in [-0.1, -0.05) is 33.1 Å². The zero-order valence-corrected chi connectivity index (χ0v) is 19.5. The third-order valence-electron chi connectivity index (χ3n) is 6.25. The van der Waals surface area contributed by atoms with E-state index in [1.54, 1.807) is 12.4 Å². The highest BCUT2D eigenvalue weighted by Crippen LogP contribution is 2.34. The summed E-state index contributed by atoms with van der Waals surface area (Å²) in [5, 5.41) is 5.86. The average molecular weight is 431 g/mol. The molecule has 0 aliphatic heterocycles. The van der Waals surface area contributed by atoms with Gasteiger partial charge < -0.3 is 20.1 Å². The molecule has 1 aromatic rings. The van der Waals surface area contributed by atoms with E-state index in [0.29, 0.717) is 19.0 Å². The average Bonchev–Trinajstić information content (AvgIpc) is 3.56. The second-order valence-electron chi connectivity index (χ2n) is 10.4. The molecule has 2 aliphatic rings. The van der Waals surface area contributed by atoms with Crippen molar-refractivity contribution in [2.24, 2.45) is 11.3 Å². The normalized spacial score (nSPS) is 17.6. The summed E-state index contributed by atoms with van der Waals surface area (Å²) in [6, 6.07) is 0.266. The predicted octanol–water partition coefficient (Wildman–Crippen LogP) is 2.81. The summed E-state index contributed by atoms with van der Waals surface area (Å²) in [7, 11) is 3.99. The van der Waals surface area contributed by atoms with Crippen molar-refractivity contribution >= 4 is 11.8 Å². The molecule has 2 saturated carbocycles. The quantitative estimate of drug-likeness (QED) is 0.631. The van der Waals surface area contributed by atoms with Gasteiger partial charge in [0.2, 0.25) is 5.43 Å². The Morgan fingerprint density at radius 3 is 2.13 bits per heavy atom. The first-order valence-electron chi connectivity index (χ1n) is 11.6. The van der Waals surface area contributed by atoms with Crippen molar-refractivity contribution in [3.05, 3.63) is 33.7 Å². The second kappa shape index (κ2) is 9.98. The number of amides is 2. The van der Waals surface area contributed by atoms with Gasteiger partial charge in [-0.2, -0.15) is 0 Å². The van der Waals surface area contributed by atoms with Crippen molar-refractivity contribution in [3.63, 3.8) is 0 Å². The number of pyridine rings is 1. The van der Waals surface area contributed by atoms with Gasteiger partial charge in [-0.3, -0.25) is 14.4 Å². The highest BCUT2D eigenvalue weighted by atomic mass is 16.2. The number of rotatable bonds is 9. The molecule has 0 atom stereocenters. The summed E-state index contributed by atoms with van der Waals surface area (Å²) in [4.78, 5) is 40.9. The lowest BCUT2D eigenvalue weighted by Gasteiger charge is -2.28. The van der Waals surface area contributed by atoms with Gasteiger partial charge in [-0.15, -0.1) is 0 Å². The lowest BCUT2D eigenvalue weighted by molar-refractivity contribution is 0.0927. The number of hydrogen-bond acceptors (Lipinski definition) is 4. The maximum Gasteiger partial charge on any atom is 0.256 e. The Morgan fingerprint density at radius 2 is 1.58 bits per heavy atom. The molecule has 2 amide bonds. The predicted molar refractivity (Wildman–Crippen MR) is 123 cm³/mol. The molecular weight excluding hydrogens is 392 g/mol. The zero-order chi connectivity index (χ0) is 22.6. The number of nitrogens with zero attached hydrogens (tertiary/aromatic N) is 2. The first kappa shape index (κ1) is 23.5. The molecule has 2 aliphatic carbocycles. The van der Waals surface area contributed by atoms with E-state index in [0.717, 1.165) is 32.2 Å². The second-order valence-corrected chi connectivity index (χ2v) is 10.4. The monoisotopic (exact) mass is 430 g/mol. The molecule has 7 nitrogen and oxygen atoms in total. The number of carbonyl (C=O) groups excluding carboxylic acids is 2. The van der Waals surface area contributed by atoms with Gasteiger partial charge in [0, 0.05) is 38.1 Å². The lowest BCUT2D eigenvalue weighted by Crippen LogP contribution is -2.42. The Bertz CT molecular complexity index is 849. The summed E-state index contributed by atoms with van der Waals surface area (Å²) in [5.74, 6) is -0.297. The molecule has 31 heavy (non-hydrogen) atoms. The van der Waals surface area contributed by atoms with Crippen LogP contribution in [0.5, 0.6) is 0 Å². The Morgan fingerprint density at radius 1 is 1.00 bits per heavy atom. The van der Waals surface area contributed by atoms with Crippen LogP contribution >= 0.6 is 0 Å². The molecule has 0 unspecified atom stereocenters. The van der Waals surface area contributed by atoms with Crippen LogP contribution in [0.25, 0.3) is 0 Å². The van der Waals surface area contributed by atoms with Crippen LogP contribution in [0, 0.1) is 11.3 Å². The van der Waals surface area contributed by atoms with Crippen molar-refractivity contribution in [2.45, 2.75) is 64.8 Å². The summed E-state index contributed by atoms with van der Waals surface area (Å²) >= 11 is 0. The Balaban J connectivity index is 1.74. The SMILES string of the molecule is CN(C)CC(C)(C)CNC(=O)c1cn(C2CC2)cc(C(=O)NCC2CCCCC2)c1=O. The Kier molecular flexibility index (Phi) is 7.57. The van der Waals surface area contributed by atoms with E-state index in [4.69, 9.17) is 0 Å². The standard InChI is InChI=1S/C24H38N4O3/c1-24(2,16-27(3)4)15-26-23(31)20-14-28(18-10-11-18)13-19(21(20)29)22(30)25-12-17-8-6-5-7-9-17/h13-14,17-18H,5-12,15-16H2,1-4H3,(H,25,30)(H,26,31). The number of aromatic nitrogens is 1. The van der Waals surface area contributed by atoms with Gasteiger partial charge in [-0.05, 0) is 51.1 Å². The third kappa shape index (κ3) is 6.66. The van der Waals surface area contributed by atoms with Crippen LogP contribution < -0.4 is 16.1 Å². The highest BCUT2D eigenvalue weighted by molar-refractivity contribution is 5.99. The fourth-order valence-electron chi connectivity index (χ4n) is 4.55. The van der Waals surface area contributed by atoms with Crippen LogP contribution in [-0.2, 0) is 0 Å². The minimum absolute atomic E-state index is 0.0536. The third-order valence-corrected chi connectivity index (χ3v) is 6.25.